The number of phenolic OH excluding ortho intramolecular Hbond substituents is 2. The number of rotatable bonds is 5. The second-order valence-electron chi connectivity index (χ2n) is 4.43. The van der Waals surface area contributed by atoms with E-state index in [1.54, 1.807) is 30.3 Å². The number of hydrogen-bond donors (Lipinski definition) is 2. The predicted octanol–water partition coefficient (Wildman–Crippen LogP) is 2.56. The Morgan fingerprint density at radius 3 is 2.33 bits per heavy atom. The summed E-state index contributed by atoms with van der Waals surface area (Å²) in [5.74, 6) is -1.54. The summed E-state index contributed by atoms with van der Waals surface area (Å²) in [5, 5.41) is 19.2. The number of ether oxygens (including phenoxy) is 1. The van der Waals surface area contributed by atoms with Crippen molar-refractivity contribution in [1.29, 1.82) is 0 Å². The molecule has 0 saturated carbocycles. The van der Waals surface area contributed by atoms with Crippen LogP contribution >= 0.6 is 0 Å². The largest absolute Gasteiger partial charge is 0.508 e. The first kappa shape index (κ1) is 14.6. The fraction of sp³-hybridized carbons (Fsp3) is 0.125. The Hall–Kier alpha value is -2.82. The van der Waals surface area contributed by atoms with E-state index in [0.29, 0.717) is 5.56 Å². The predicted molar refractivity (Wildman–Crippen MR) is 76.0 cm³/mol. The van der Waals surface area contributed by atoms with E-state index >= 15 is 0 Å². The van der Waals surface area contributed by atoms with E-state index in [-0.39, 0.29) is 22.8 Å². The Kier molecular flexibility index (Phi) is 4.23. The average Bonchev–Trinajstić information content (AvgIpc) is 2.46. The number of hydrogen-bond acceptors (Lipinski definition) is 5. The second-order valence-corrected chi connectivity index (χ2v) is 4.43. The quantitative estimate of drug-likeness (QED) is 0.652. The van der Waals surface area contributed by atoms with E-state index in [1.165, 1.54) is 13.2 Å². The lowest BCUT2D eigenvalue weighted by atomic mass is 10.00. The molecule has 2 N–H and O–H groups in total. The van der Waals surface area contributed by atoms with Crippen LogP contribution in [0.5, 0.6) is 17.2 Å². The summed E-state index contributed by atoms with van der Waals surface area (Å²) < 4.78 is 4.96. The van der Waals surface area contributed by atoms with Crippen molar-refractivity contribution in [2.75, 3.05) is 7.11 Å². The van der Waals surface area contributed by atoms with Gasteiger partial charge in [-0.3, -0.25) is 9.59 Å². The maximum atomic E-state index is 12.2. The van der Waals surface area contributed by atoms with Crippen molar-refractivity contribution < 1.29 is 24.5 Å². The van der Waals surface area contributed by atoms with Crippen LogP contribution < -0.4 is 4.74 Å². The highest BCUT2D eigenvalue weighted by molar-refractivity contribution is 6.15. The Bertz CT molecular complexity index is 677. The lowest BCUT2D eigenvalue weighted by molar-refractivity contribution is 0.0891. The van der Waals surface area contributed by atoms with E-state index in [0.717, 1.165) is 6.07 Å². The molecule has 0 aliphatic rings. The Labute approximate surface area is 121 Å². The van der Waals surface area contributed by atoms with Crippen LogP contribution in [0.3, 0.4) is 0 Å². The molecule has 2 aromatic rings. The van der Waals surface area contributed by atoms with Gasteiger partial charge in [-0.1, -0.05) is 30.3 Å². The van der Waals surface area contributed by atoms with Crippen molar-refractivity contribution in [3.63, 3.8) is 0 Å². The number of carbonyl (C=O) groups excluding carboxylic acids is 2. The molecule has 21 heavy (non-hydrogen) atoms. The normalized spacial score (nSPS) is 10.1. The van der Waals surface area contributed by atoms with Crippen molar-refractivity contribution in [2.45, 2.75) is 6.42 Å². The van der Waals surface area contributed by atoms with Crippen LogP contribution in [0.1, 0.15) is 27.1 Å². The Morgan fingerprint density at radius 1 is 1.05 bits per heavy atom. The minimum atomic E-state index is -0.571. The summed E-state index contributed by atoms with van der Waals surface area (Å²) in [6.45, 7) is 0. The molecule has 0 fully saturated rings. The summed E-state index contributed by atoms with van der Waals surface area (Å²) in [5.41, 5.74) is 0.308. The minimum absolute atomic E-state index is 0.0263. The second kappa shape index (κ2) is 6.09. The highest BCUT2D eigenvalue weighted by atomic mass is 16.5. The SMILES string of the molecule is COc1cc(O)cc(O)c1C(=O)CC(=O)c1ccccc1. The Balaban J connectivity index is 2.27. The highest BCUT2D eigenvalue weighted by Gasteiger charge is 2.21. The van der Waals surface area contributed by atoms with Crippen molar-refractivity contribution in [3.8, 4) is 17.2 Å². The maximum absolute atomic E-state index is 12.2. The van der Waals surface area contributed by atoms with Crippen molar-refractivity contribution in [1.82, 2.24) is 0 Å². The van der Waals surface area contributed by atoms with Crippen LogP contribution in [0.4, 0.5) is 0 Å². The zero-order chi connectivity index (χ0) is 15.4. The number of Topliss-reactive ketones (excluding diaryl/α,β-unsaturated/α-hetero) is 2. The molecular weight excluding hydrogens is 272 g/mol. The molecule has 2 aromatic carbocycles. The molecular formula is C16H14O5. The summed E-state index contributed by atoms with van der Waals surface area (Å²) in [6, 6.07) is 10.6. The smallest absolute Gasteiger partial charge is 0.178 e. The first-order valence-electron chi connectivity index (χ1n) is 6.24. The van der Waals surface area contributed by atoms with Crippen molar-refractivity contribution >= 4 is 11.6 Å². The first-order chi connectivity index (χ1) is 10.0. The first-order valence-corrected chi connectivity index (χ1v) is 6.24. The van der Waals surface area contributed by atoms with Gasteiger partial charge in [0.25, 0.3) is 0 Å². The monoisotopic (exact) mass is 286 g/mol. The van der Waals surface area contributed by atoms with E-state index in [2.05, 4.69) is 0 Å². The lowest BCUT2D eigenvalue weighted by Crippen LogP contribution is -2.10. The molecule has 0 spiro atoms. The van der Waals surface area contributed by atoms with Gasteiger partial charge in [-0.2, -0.15) is 0 Å². The molecule has 2 rings (SSSR count). The summed E-state index contributed by atoms with van der Waals surface area (Å²) >= 11 is 0. The van der Waals surface area contributed by atoms with Gasteiger partial charge in [-0.25, -0.2) is 0 Å². The van der Waals surface area contributed by atoms with Crippen LogP contribution in [0.25, 0.3) is 0 Å². The fourth-order valence-corrected chi connectivity index (χ4v) is 1.99. The molecule has 0 aliphatic carbocycles. The molecule has 0 amide bonds. The molecule has 108 valence electrons. The van der Waals surface area contributed by atoms with Crippen molar-refractivity contribution in [3.05, 3.63) is 53.6 Å². The molecule has 5 heteroatoms. The number of aromatic hydroxyl groups is 2. The van der Waals surface area contributed by atoms with Gasteiger partial charge in [0.2, 0.25) is 0 Å². The molecule has 0 heterocycles. The summed E-state index contributed by atoms with van der Waals surface area (Å²) in [7, 11) is 1.31. The fourth-order valence-electron chi connectivity index (χ4n) is 1.99. The van der Waals surface area contributed by atoms with Gasteiger partial charge in [0.1, 0.15) is 22.8 Å². The van der Waals surface area contributed by atoms with Gasteiger partial charge in [0.05, 0.1) is 13.5 Å². The molecule has 0 bridgehead atoms. The van der Waals surface area contributed by atoms with Gasteiger partial charge >= 0.3 is 0 Å². The third-order valence-corrected chi connectivity index (χ3v) is 2.98. The van der Waals surface area contributed by atoms with E-state index in [9.17, 15) is 19.8 Å². The average molecular weight is 286 g/mol. The van der Waals surface area contributed by atoms with Crippen molar-refractivity contribution in [2.24, 2.45) is 0 Å². The molecule has 0 aliphatic heterocycles. The van der Waals surface area contributed by atoms with Gasteiger partial charge < -0.3 is 14.9 Å². The van der Waals surface area contributed by atoms with Crippen LogP contribution in [-0.2, 0) is 0 Å². The van der Waals surface area contributed by atoms with Gasteiger partial charge in [-0.15, -0.1) is 0 Å². The van der Waals surface area contributed by atoms with Gasteiger partial charge in [-0.05, 0) is 0 Å². The zero-order valence-corrected chi connectivity index (χ0v) is 11.4. The zero-order valence-electron chi connectivity index (χ0n) is 11.4. The summed E-state index contributed by atoms with van der Waals surface area (Å²) in [4.78, 5) is 24.2. The van der Waals surface area contributed by atoms with E-state index < -0.39 is 18.0 Å². The van der Waals surface area contributed by atoms with Gasteiger partial charge in [0.15, 0.2) is 11.6 Å². The molecule has 0 atom stereocenters. The maximum Gasteiger partial charge on any atom is 0.178 e. The molecule has 0 aromatic heterocycles. The summed E-state index contributed by atoms with van der Waals surface area (Å²) in [6.07, 6.45) is -0.390. The van der Waals surface area contributed by atoms with Crippen LogP contribution in [0, 0.1) is 0 Å². The van der Waals surface area contributed by atoms with Gasteiger partial charge in [0, 0.05) is 17.7 Å². The van der Waals surface area contributed by atoms with Crippen LogP contribution in [0.2, 0.25) is 0 Å². The topological polar surface area (TPSA) is 83.8 Å². The number of ketones is 2. The number of phenols is 2. The highest BCUT2D eigenvalue weighted by Crippen LogP contribution is 2.33. The minimum Gasteiger partial charge on any atom is -0.508 e. The number of benzene rings is 2. The molecule has 0 unspecified atom stereocenters. The van der Waals surface area contributed by atoms with Crippen LogP contribution in [0.15, 0.2) is 42.5 Å². The molecule has 5 nitrogen and oxygen atoms in total. The number of methoxy groups -OCH3 is 1. The Morgan fingerprint density at radius 2 is 1.71 bits per heavy atom. The van der Waals surface area contributed by atoms with Crippen LogP contribution in [-0.4, -0.2) is 28.9 Å². The third-order valence-electron chi connectivity index (χ3n) is 2.98. The standard InChI is InChI=1S/C16H14O5/c1-21-15-8-11(17)7-13(19)16(15)14(20)9-12(18)10-5-3-2-4-6-10/h2-8,17,19H,9H2,1H3. The van der Waals surface area contributed by atoms with E-state index in [1.807, 2.05) is 0 Å². The third kappa shape index (κ3) is 3.20. The number of carbonyl (C=O) groups is 2. The molecule has 0 radical (unpaired) electrons. The van der Waals surface area contributed by atoms with E-state index in [4.69, 9.17) is 4.74 Å². The molecule has 0 saturated heterocycles. The lowest BCUT2D eigenvalue weighted by Gasteiger charge is -2.10.